The van der Waals surface area contributed by atoms with Crippen molar-refractivity contribution in [3.63, 3.8) is 0 Å². The fourth-order valence-electron chi connectivity index (χ4n) is 5.08. The van der Waals surface area contributed by atoms with Gasteiger partial charge >= 0.3 is 5.97 Å². The minimum atomic E-state index is -0.359. The molecule has 222 valence electrons. The van der Waals surface area contributed by atoms with Gasteiger partial charge in [0.2, 0.25) is 0 Å². The molecule has 2 aromatic carbocycles. The number of nitrogens with zero attached hydrogens (tertiary/aromatic N) is 2. The van der Waals surface area contributed by atoms with Gasteiger partial charge in [0.25, 0.3) is 0 Å². The van der Waals surface area contributed by atoms with Gasteiger partial charge in [0.1, 0.15) is 5.75 Å². The standard InChI is InChI=1S/C36H49BrN2O2/c1-3-5-7-9-11-13-14-16-18-29-27-38-35(39-28-29)31-22-24-33(25-23-31)41-36(40)32-21-20-30(34(37)26-32)19-17-15-12-10-8-6-4-2/h20-28H,3-19H2,1-2H3. The van der Waals surface area contributed by atoms with Gasteiger partial charge in [-0.15, -0.1) is 0 Å². The monoisotopic (exact) mass is 620 g/mol. The number of benzene rings is 2. The lowest BCUT2D eigenvalue weighted by molar-refractivity contribution is 0.0734. The number of esters is 1. The lowest BCUT2D eigenvalue weighted by atomic mass is 10.0. The molecule has 0 aliphatic rings. The molecule has 0 bridgehead atoms. The van der Waals surface area contributed by atoms with E-state index >= 15 is 0 Å². The number of halogens is 1. The first kappa shape index (κ1) is 33.0. The second-order valence-electron chi connectivity index (χ2n) is 11.2. The van der Waals surface area contributed by atoms with Crippen LogP contribution in [0.3, 0.4) is 0 Å². The van der Waals surface area contributed by atoms with E-state index < -0.39 is 0 Å². The molecular formula is C36H49BrN2O2. The number of aryl methyl sites for hydroxylation is 2. The van der Waals surface area contributed by atoms with E-state index in [0.29, 0.717) is 17.1 Å². The average Bonchev–Trinajstić information content (AvgIpc) is 2.99. The molecular weight excluding hydrogens is 572 g/mol. The van der Waals surface area contributed by atoms with Crippen molar-refractivity contribution in [1.29, 1.82) is 0 Å². The SMILES string of the molecule is CCCCCCCCCCc1cnc(-c2ccc(OC(=O)c3ccc(CCCCCCCCC)c(Br)c3)cc2)nc1. The van der Waals surface area contributed by atoms with Crippen molar-refractivity contribution in [3.05, 3.63) is 76.0 Å². The number of ether oxygens (including phenoxy) is 1. The first-order chi connectivity index (χ1) is 20.1. The molecule has 0 saturated heterocycles. The summed E-state index contributed by atoms with van der Waals surface area (Å²) in [7, 11) is 0. The summed E-state index contributed by atoms with van der Waals surface area (Å²) >= 11 is 3.65. The van der Waals surface area contributed by atoms with E-state index in [0.717, 1.165) is 22.9 Å². The first-order valence-electron chi connectivity index (χ1n) is 16.0. The molecule has 0 unspecified atom stereocenters. The van der Waals surface area contributed by atoms with E-state index in [4.69, 9.17) is 4.74 Å². The van der Waals surface area contributed by atoms with Gasteiger partial charge in [-0.25, -0.2) is 14.8 Å². The van der Waals surface area contributed by atoms with Crippen molar-refractivity contribution in [1.82, 2.24) is 9.97 Å². The highest BCUT2D eigenvalue weighted by atomic mass is 79.9. The maximum atomic E-state index is 12.8. The van der Waals surface area contributed by atoms with Crippen LogP contribution in [-0.2, 0) is 12.8 Å². The molecule has 0 atom stereocenters. The number of rotatable bonds is 20. The zero-order valence-electron chi connectivity index (χ0n) is 25.3. The molecule has 0 aliphatic heterocycles. The largest absolute Gasteiger partial charge is 0.423 e. The topological polar surface area (TPSA) is 52.1 Å². The third-order valence-electron chi connectivity index (χ3n) is 7.69. The van der Waals surface area contributed by atoms with E-state index in [-0.39, 0.29) is 5.97 Å². The van der Waals surface area contributed by atoms with Gasteiger partial charge in [-0.3, -0.25) is 0 Å². The number of carbonyl (C=O) groups is 1. The van der Waals surface area contributed by atoms with E-state index in [1.807, 2.05) is 42.7 Å². The maximum Gasteiger partial charge on any atom is 0.343 e. The second kappa shape index (κ2) is 19.6. The summed E-state index contributed by atoms with van der Waals surface area (Å²) in [5, 5.41) is 0. The smallest absolute Gasteiger partial charge is 0.343 e. The van der Waals surface area contributed by atoms with Crippen LogP contribution in [-0.4, -0.2) is 15.9 Å². The minimum Gasteiger partial charge on any atom is -0.423 e. The predicted molar refractivity (Wildman–Crippen MR) is 175 cm³/mol. The van der Waals surface area contributed by atoms with Crippen molar-refractivity contribution < 1.29 is 9.53 Å². The Morgan fingerprint density at radius 3 is 1.78 bits per heavy atom. The lowest BCUT2D eigenvalue weighted by Gasteiger charge is -2.09. The molecule has 0 radical (unpaired) electrons. The molecule has 4 nitrogen and oxygen atoms in total. The van der Waals surface area contributed by atoms with Gasteiger partial charge in [-0.1, -0.05) is 119 Å². The summed E-state index contributed by atoms with van der Waals surface area (Å²) in [6.07, 6.45) is 25.5. The number of aromatic nitrogens is 2. The Hall–Kier alpha value is -2.53. The summed E-state index contributed by atoms with van der Waals surface area (Å²) in [5.41, 5.74) is 3.87. The fraction of sp³-hybridized carbons (Fsp3) is 0.528. The summed E-state index contributed by atoms with van der Waals surface area (Å²) in [5.74, 6) is 0.832. The van der Waals surface area contributed by atoms with Crippen LogP contribution in [0.25, 0.3) is 11.4 Å². The molecule has 5 heteroatoms. The Balaban J connectivity index is 1.41. The van der Waals surface area contributed by atoms with Crippen LogP contribution in [0.5, 0.6) is 5.75 Å². The molecule has 0 fully saturated rings. The predicted octanol–water partition coefficient (Wildman–Crippen LogP) is 11.1. The van der Waals surface area contributed by atoms with E-state index in [1.54, 1.807) is 12.1 Å². The number of carbonyl (C=O) groups excluding carboxylic acids is 1. The van der Waals surface area contributed by atoms with Crippen LogP contribution >= 0.6 is 15.9 Å². The van der Waals surface area contributed by atoms with Gasteiger partial charge < -0.3 is 4.74 Å². The Morgan fingerprint density at radius 2 is 1.22 bits per heavy atom. The van der Waals surface area contributed by atoms with Crippen LogP contribution < -0.4 is 4.74 Å². The molecule has 3 rings (SSSR count). The first-order valence-corrected chi connectivity index (χ1v) is 16.8. The molecule has 3 aromatic rings. The molecule has 1 heterocycles. The molecule has 41 heavy (non-hydrogen) atoms. The van der Waals surface area contributed by atoms with Gasteiger partial charge in [0.05, 0.1) is 5.56 Å². The lowest BCUT2D eigenvalue weighted by Crippen LogP contribution is -2.08. The van der Waals surface area contributed by atoms with Crippen LogP contribution in [0, 0.1) is 0 Å². The van der Waals surface area contributed by atoms with Gasteiger partial charge in [0, 0.05) is 22.4 Å². The highest BCUT2D eigenvalue weighted by Crippen LogP contribution is 2.24. The maximum absolute atomic E-state index is 12.8. The van der Waals surface area contributed by atoms with Gasteiger partial charge in [-0.05, 0) is 73.2 Å². The Kier molecular flexibility index (Phi) is 15.7. The van der Waals surface area contributed by atoms with Crippen molar-refractivity contribution in [2.75, 3.05) is 0 Å². The zero-order chi connectivity index (χ0) is 29.1. The van der Waals surface area contributed by atoms with Crippen molar-refractivity contribution in [2.24, 2.45) is 0 Å². The molecule has 0 saturated carbocycles. The summed E-state index contributed by atoms with van der Waals surface area (Å²) in [6.45, 7) is 4.51. The summed E-state index contributed by atoms with van der Waals surface area (Å²) in [6, 6.07) is 13.2. The molecule has 0 N–H and O–H groups in total. The quantitative estimate of drug-likeness (QED) is 0.0716. The Labute approximate surface area is 256 Å². The van der Waals surface area contributed by atoms with Crippen LogP contribution in [0.15, 0.2) is 59.3 Å². The highest BCUT2D eigenvalue weighted by Gasteiger charge is 2.12. The average molecular weight is 622 g/mol. The highest BCUT2D eigenvalue weighted by molar-refractivity contribution is 9.10. The third-order valence-corrected chi connectivity index (χ3v) is 8.42. The zero-order valence-corrected chi connectivity index (χ0v) is 26.9. The van der Waals surface area contributed by atoms with Crippen molar-refractivity contribution in [3.8, 4) is 17.1 Å². The Morgan fingerprint density at radius 1 is 0.683 bits per heavy atom. The molecule has 1 aromatic heterocycles. The van der Waals surface area contributed by atoms with E-state index in [9.17, 15) is 4.79 Å². The number of hydrogen-bond acceptors (Lipinski definition) is 4. The summed E-state index contributed by atoms with van der Waals surface area (Å²) < 4.78 is 6.61. The van der Waals surface area contributed by atoms with Crippen LogP contribution in [0.2, 0.25) is 0 Å². The van der Waals surface area contributed by atoms with Crippen molar-refractivity contribution >= 4 is 21.9 Å². The minimum absolute atomic E-state index is 0.359. The van der Waals surface area contributed by atoms with Crippen LogP contribution in [0.4, 0.5) is 0 Å². The Bertz CT molecular complexity index is 1150. The van der Waals surface area contributed by atoms with Gasteiger partial charge in [0.15, 0.2) is 5.82 Å². The normalized spacial score (nSPS) is 11.1. The number of unbranched alkanes of at least 4 members (excludes halogenated alkanes) is 13. The summed E-state index contributed by atoms with van der Waals surface area (Å²) in [4.78, 5) is 21.9. The molecule has 0 amide bonds. The molecule has 0 spiro atoms. The van der Waals surface area contributed by atoms with Crippen LogP contribution in [0.1, 0.15) is 132 Å². The number of hydrogen-bond donors (Lipinski definition) is 0. The third kappa shape index (κ3) is 12.5. The molecule has 0 aliphatic carbocycles. The van der Waals surface area contributed by atoms with E-state index in [2.05, 4.69) is 39.7 Å². The fourth-order valence-corrected chi connectivity index (χ4v) is 5.66. The second-order valence-corrected chi connectivity index (χ2v) is 12.1. The van der Waals surface area contributed by atoms with Crippen molar-refractivity contribution in [2.45, 2.75) is 123 Å². The van der Waals surface area contributed by atoms with Gasteiger partial charge in [-0.2, -0.15) is 0 Å². The van der Waals surface area contributed by atoms with E-state index in [1.165, 1.54) is 107 Å².